The molecule has 27 heavy (non-hydrogen) atoms. The van der Waals surface area contributed by atoms with Gasteiger partial charge in [-0.3, -0.25) is 9.79 Å². The highest BCUT2D eigenvalue weighted by atomic mass is 16.4. The fraction of sp³-hybridized carbons (Fsp3) is 0.150. The van der Waals surface area contributed by atoms with Crippen LogP contribution in [0, 0.1) is 0 Å². The Morgan fingerprint density at radius 1 is 1.19 bits per heavy atom. The normalized spacial score (nSPS) is 13.9. The topological polar surface area (TPSA) is 103 Å². The molecule has 1 aliphatic rings. The molecular weight excluding hydrogens is 344 g/mol. The molecule has 0 saturated heterocycles. The Kier molecular flexibility index (Phi) is 5.84. The summed E-state index contributed by atoms with van der Waals surface area (Å²) in [5, 5.41) is 18.6. The highest BCUT2D eigenvalue weighted by Crippen LogP contribution is 2.25. The van der Waals surface area contributed by atoms with Crippen LogP contribution in [-0.4, -0.2) is 36.5 Å². The molecule has 3 rings (SSSR count). The summed E-state index contributed by atoms with van der Waals surface area (Å²) >= 11 is 0. The lowest BCUT2D eigenvalue weighted by Crippen LogP contribution is -2.35. The van der Waals surface area contributed by atoms with Crippen molar-refractivity contribution in [2.45, 2.75) is 6.42 Å². The summed E-state index contributed by atoms with van der Waals surface area (Å²) in [5.41, 5.74) is 2.56. The average Bonchev–Trinajstić information content (AvgIpc) is 2.68. The van der Waals surface area contributed by atoms with Crippen LogP contribution in [0.1, 0.15) is 17.5 Å². The Morgan fingerprint density at radius 3 is 2.78 bits per heavy atom. The maximum Gasteiger partial charge on any atom is 0.336 e. The lowest BCUT2D eigenvalue weighted by molar-refractivity contribution is -0.130. The maximum absolute atomic E-state index is 11.9. The second-order valence-electron chi connectivity index (χ2n) is 5.93. The van der Waals surface area contributed by atoms with Crippen LogP contribution in [0.2, 0.25) is 0 Å². The van der Waals surface area contributed by atoms with Crippen LogP contribution in [0.15, 0.2) is 53.5 Å². The second-order valence-corrected chi connectivity index (χ2v) is 5.93. The van der Waals surface area contributed by atoms with Crippen molar-refractivity contribution in [3.63, 3.8) is 0 Å². The summed E-state index contributed by atoms with van der Waals surface area (Å²) in [4.78, 5) is 27.0. The Balaban J connectivity index is 1.94. The zero-order chi connectivity index (χ0) is 19.1. The summed E-state index contributed by atoms with van der Waals surface area (Å²) in [5.74, 6) is -0.374. The van der Waals surface area contributed by atoms with E-state index in [1.54, 1.807) is 48.5 Å². The van der Waals surface area contributed by atoms with Gasteiger partial charge in [-0.2, -0.15) is 0 Å². The number of nitrogens with zero attached hydrogens (tertiary/aromatic N) is 1. The molecule has 0 fully saturated rings. The SMILES string of the molecule is O=CNc1ccccc1C=C(C(=O)O)c1cccc(NC2=NCCCN2)c1. The fourth-order valence-corrected chi connectivity index (χ4v) is 2.76. The Hall–Kier alpha value is -3.61. The molecule has 0 bridgehead atoms. The van der Waals surface area contributed by atoms with Crippen molar-refractivity contribution >= 4 is 41.4 Å². The van der Waals surface area contributed by atoms with Crippen LogP contribution in [0.3, 0.4) is 0 Å². The van der Waals surface area contributed by atoms with Crippen molar-refractivity contribution in [1.29, 1.82) is 0 Å². The highest BCUT2D eigenvalue weighted by Gasteiger charge is 2.13. The third-order valence-electron chi connectivity index (χ3n) is 4.04. The predicted octanol–water partition coefficient (Wildman–Crippen LogP) is 2.64. The van der Waals surface area contributed by atoms with E-state index in [0.29, 0.717) is 29.2 Å². The van der Waals surface area contributed by atoms with Crippen LogP contribution in [0.5, 0.6) is 0 Å². The van der Waals surface area contributed by atoms with E-state index in [1.165, 1.54) is 0 Å². The Morgan fingerprint density at radius 2 is 2.04 bits per heavy atom. The zero-order valence-electron chi connectivity index (χ0n) is 14.6. The first-order chi connectivity index (χ1) is 13.2. The second kappa shape index (κ2) is 8.66. The van der Waals surface area contributed by atoms with E-state index in [2.05, 4.69) is 20.9 Å². The first kappa shape index (κ1) is 18.2. The smallest absolute Gasteiger partial charge is 0.336 e. The van der Waals surface area contributed by atoms with Crippen molar-refractivity contribution < 1.29 is 14.7 Å². The lowest BCUT2D eigenvalue weighted by atomic mass is 10.0. The summed E-state index contributed by atoms with van der Waals surface area (Å²) < 4.78 is 0. The highest BCUT2D eigenvalue weighted by molar-refractivity contribution is 6.21. The molecule has 0 saturated carbocycles. The molecule has 2 aromatic rings. The van der Waals surface area contributed by atoms with E-state index in [0.717, 1.165) is 25.2 Å². The number of aliphatic imine (C=N–C) groups is 1. The zero-order valence-corrected chi connectivity index (χ0v) is 14.6. The minimum Gasteiger partial charge on any atom is -0.478 e. The van der Waals surface area contributed by atoms with E-state index in [9.17, 15) is 14.7 Å². The van der Waals surface area contributed by atoms with Crippen LogP contribution in [-0.2, 0) is 9.59 Å². The third kappa shape index (κ3) is 4.72. The van der Waals surface area contributed by atoms with Crippen molar-refractivity contribution in [1.82, 2.24) is 5.32 Å². The molecule has 1 amide bonds. The minimum absolute atomic E-state index is 0.123. The van der Waals surface area contributed by atoms with E-state index in [-0.39, 0.29) is 5.57 Å². The van der Waals surface area contributed by atoms with Crippen molar-refractivity contribution in [2.24, 2.45) is 4.99 Å². The Labute approximate surface area is 156 Å². The van der Waals surface area contributed by atoms with Gasteiger partial charge < -0.3 is 21.1 Å². The number of guanidine groups is 1. The number of amides is 1. The number of nitrogens with one attached hydrogen (secondary N) is 3. The number of aliphatic carboxylic acids is 1. The van der Waals surface area contributed by atoms with Crippen LogP contribution in [0.4, 0.5) is 11.4 Å². The van der Waals surface area contributed by atoms with Gasteiger partial charge in [0.05, 0.1) is 5.57 Å². The van der Waals surface area contributed by atoms with Gasteiger partial charge in [0.15, 0.2) is 5.96 Å². The molecule has 0 aliphatic carbocycles. The number of para-hydroxylation sites is 1. The largest absolute Gasteiger partial charge is 0.478 e. The number of carboxylic acids is 1. The summed E-state index contributed by atoms with van der Waals surface area (Å²) in [7, 11) is 0. The third-order valence-corrected chi connectivity index (χ3v) is 4.04. The molecular formula is C20H20N4O3. The van der Waals surface area contributed by atoms with Gasteiger partial charge in [-0.15, -0.1) is 0 Å². The van der Waals surface area contributed by atoms with Gasteiger partial charge in [-0.05, 0) is 41.8 Å². The van der Waals surface area contributed by atoms with Gasteiger partial charge in [0.25, 0.3) is 0 Å². The molecule has 0 atom stereocenters. The van der Waals surface area contributed by atoms with Gasteiger partial charge in [-0.1, -0.05) is 30.3 Å². The number of hydrogen-bond donors (Lipinski definition) is 4. The monoisotopic (exact) mass is 364 g/mol. The van der Waals surface area contributed by atoms with Gasteiger partial charge in [0, 0.05) is 24.5 Å². The quantitative estimate of drug-likeness (QED) is 0.358. The van der Waals surface area contributed by atoms with E-state index >= 15 is 0 Å². The van der Waals surface area contributed by atoms with E-state index < -0.39 is 5.97 Å². The molecule has 0 spiro atoms. The standard InChI is InChI=1S/C20H20N4O3/c25-13-23-18-8-2-1-5-15(18)12-17(19(26)27)14-6-3-7-16(11-14)24-20-21-9-4-10-22-20/h1-3,5-8,11-13H,4,9-10H2,(H,23,25)(H,26,27)(H2,21,22,24). The number of carbonyl (C=O) groups is 2. The summed E-state index contributed by atoms with van der Waals surface area (Å²) in [6.45, 7) is 1.61. The number of carbonyl (C=O) groups excluding carboxylic acids is 1. The van der Waals surface area contributed by atoms with Crippen molar-refractivity contribution in [3.8, 4) is 0 Å². The molecule has 7 nitrogen and oxygen atoms in total. The van der Waals surface area contributed by atoms with E-state index in [4.69, 9.17) is 0 Å². The number of benzene rings is 2. The van der Waals surface area contributed by atoms with Gasteiger partial charge in [0.1, 0.15) is 0 Å². The molecule has 0 unspecified atom stereocenters. The molecule has 138 valence electrons. The number of anilines is 2. The van der Waals surface area contributed by atoms with Crippen LogP contribution in [0.25, 0.3) is 11.6 Å². The van der Waals surface area contributed by atoms with Gasteiger partial charge >= 0.3 is 5.97 Å². The number of carboxylic acid groups (broad SMARTS) is 1. The molecule has 1 aliphatic heterocycles. The van der Waals surface area contributed by atoms with Gasteiger partial charge in [0.2, 0.25) is 6.41 Å². The fourth-order valence-electron chi connectivity index (χ4n) is 2.76. The van der Waals surface area contributed by atoms with E-state index in [1.807, 2.05) is 6.07 Å². The minimum atomic E-state index is -1.05. The molecule has 1 heterocycles. The Bertz CT molecular complexity index is 906. The summed E-state index contributed by atoms with van der Waals surface area (Å²) in [6, 6.07) is 14.1. The maximum atomic E-state index is 11.9. The van der Waals surface area contributed by atoms with Crippen molar-refractivity contribution in [3.05, 3.63) is 59.7 Å². The number of rotatable bonds is 6. The predicted molar refractivity (Wildman–Crippen MR) is 107 cm³/mol. The first-order valence-electron chi connectivity index (χ1n) is 8.57. The molecule has 7 heteroatoms. The summed E-state index contributed by atoms with van der Waals surface area (Å²) in [6.07, 6.45) is 3.10. The van der Waals surface area contributed by atoms with Crippen LogP contribution >= 0.6 is 0 Å². The average molecular weight is 364 g/mol. The lowest BCUT2D eigenvalue weighted by Gasteiger charge is -2.16. The van der Waals surface area contributed by atoms with Gasteiger partial charge in [-0.25, -0.2) is 4.79 Å². The molecule has 2 aromatic carbocycles. The number of hydrogen-bond acceptors (Lipinski definition) is 5. The molecule has 0 aromatic heterocycles. The van der Waals surface area contributed by atoms with Crippen molar-refractivity contribution in [2.75, 3.05) is 23.7 Å². The first-order valence-corrected chi connectivity index (χ1v) is 8.57. The molecule has 0 radical (unpaired) electrons. The molecule has 4 N–H and O–H groups in total. The van der Waals surface area contributed by atoms with Crippen LogP contribution < -0.4 is 16.0 Å².